The van der Waals surface area contributed by atoms with E-state index in [0.717, 1.165) is 19.3 Å². The second-order valence-electron chi connectivity index (χ2n) is 7.25. The Kier molecular flexibility index (Phi) is 6.02. The third-order valence-corrected chi connectivity index (χ3v) is 4.48. The van der Waals surface area contributed by atoms with Gasteiger partial charge in [0.25, 0.3) is 0 Å². The van der Waals surface area contributed by atoms with Crippen molar-refractivity contribution in [2.24, 2.45) is 5.92 Å². The Morgan fingerprint density at radius 3 is 2.25 bits per heavy atom. The highest BCUT2D eigenvalue weighted by atomic mass is 16.4. The number of nitrogens with zero attached hydrogens (tertiary/aromatic N) is 1. The summed E-state index contributed by atoms with van der Waals surface area (Å²) in [6.07, 6.45) is 3.99. The van der Waals surface area contributed by atoms with Gasteiger partial charge in [0.05, 0.1) is 0 Å². The molecule has 0 aliphatic heterocycles. The van der Waals surface area contributed by atoms with Crippen molar-refractivity contribution < 1.29 is 9.90 Å². The Hall–Kier alpha value is -0.610. The minimum atomic E-state index is -0.813. The lowest BCUT2D eigenvalue weighted by molar-refractivity contribution is -0.145. The molecule has 118 valence electrons. The lowest BCUT2D eigenvalue weighted by atomic mass is 9.91. The standard InChI is InChI=1S/C16H32N2O2/c1-11(2)9-12(3)18(6)13(4)10-16(5,15(19)20)17-14-7-8-14/h11-14,17H,7-10H2,1-6H3,(H,19,20). The molecular formula is C16H32N2O2. The first-order chi connectivity index (χ1) is 9.15. The van der Waals surface area contributed by atoms with Crippen molar-refractivity contribution in [1.29, 1.82) is 0 Å². The molecular weight excluding hydrogens is 252 g/mol. The third-order valence-electron chi connectivity index (χ3n) is 4.48. The first-order valence-corrected chi connectivity index (χ1v) is 7.88. The fraction of sp³-hybridized carbons (Fsp3) is 0.938. The van der Waals surface area contributed by atoms with Crippen molar-refractivity contribution in [3.8, 4) is 0 Å². The summed E-state index contributed by atoms with van der Waals surface area (Å²) < 4.78 is 0. The normalized spacial score (nSPS) is 21.8. The summed E-state index contributed by atoms with van der Waals surface area (Å²) in [7, 11) is 2.11. The third kappa shape index (κ3) is 5.06. The van der Waals surface area contributed by atoms with Crippen molar-refractivity contribution in [2.75, 3.05) is 7.05 Å². The van der Waals surface area contributed by atoms with Crippen molar-refractivity contribution in [1.82, 2.24) is 10.2 Å². The Morgan fingerprint density at radius 1 is 1.30 bits per heavy atom. The molecule has 2 N–H and O–H groups in total. The van der Waals surface area contributed by atoms with Crippen LogP contribution in [0.4, 0.5) is 0 Å². The molecule has 0 aromatic heterocycles. The summed E-state index contributed by atoms with van der Waals surface area (Å²) in [4.78, 5) is 13.9. The molecule has 0 amide bonds. The van der Waals surface area contributed by atoms with Gasteiger partial charge in [-0.25, -0.2) is 0 Å². The van der Waals surface area contributed by atoms with Crippen LogP contribution in [0.1, 0.15) is 60.3 Å². The van der Waals surface area contributed by atoms with Gasteiger partial charge in [-0.15, -0.1) is 0 Å². The molecule has 3 atom stereocenters. The van der Waals surface area contributed by atoms with E-state index in [1.54, 1.807) is 0 Å². The second-order valence-corrected chi connectivity index (χ2v) is 7.25. The Labute approximate surface area is 123 Å². The number of hydrogen-bond acceptors (Lipinski definition) is 3. The molecule has 1 aliphatic rings. The van der Waals surface area contributed by atoms with Crippen LogP contribution in [0.25, 0.3) is 0 Å². The van der Waals surface area contributed by atoms with Gasteiger partial charge in [0.15, 0.2) is 0 Å². The lowest BCUT2D eigenvalue weighted by Gasteiger charge is -2.37. The molecule has 0 bridgehead atoms. The van der Waals surface area contributed by atoms with Crippen LogP contribution in [0.3, 0.4) is 0 Å². The van der Waals surface area contributed by atoms with Gasteiger partial charge in [0.1, 0.15) is 5.54 Å². The van der Waals surface area contributed by atoms with Crippen LogP contribution in [-0.4, -0.2) is 46.7 Å². The van der Waals surface area contributed by atoms with Crippen molar-refractivity contribution in [3.63, 3.8) is 0 Å². The molecule has 0 heterocycles. The predicted molar refractivity (Wildman–Crippen MR) is 83.0 cm³/mol. The van der Waals surface area contributed by atoms with Gasteiger partial charge in [0, 0.05) is 18.1 Å². The average Bonchev–Trinajstić information content (AvgIpc) is 3.10. The van der Waals surface area contributed by atoms with E-state index in [2.05, 4.69) is 45.0 Å². The molecule has 0 aromatic rings. The second kappa shape index (κ2) is 6.90. The van der Waals surface area contributed by atoms with Crippen molar-refractivity contribution >= 4 is 5.97 Å². The first-order valence-electron chi connectivity index (χ1n) is 7.88. The van der Waals surface area contributed by atoms with Gasteiger partial charge < -0.3 is 10.0 Å². The molecule has 1 aliphatic carbocycles. The van der Waals surface area contributed by atoms with E-state index >= 15 is 0 Å². The van der Waals surface area contributed by atoms with Gasteiger partial charge in [-0.2, -0.15) is 0 Å². The van der Waals surface area contributed by atoms with E-state index in [0.29, 0.717) is 24.4 Å². The summed E-state index contributed by atoms with van der Waals surface area (Å²) >= 11 is 0. The van der Waals surface area contributed by atoms with Gasteiger partial charge in [-0.1, -0.05) is 13.8 Å². The predicted octanol–water partition coefficient (Wildman–Crippen LogP) is 2.73. The fourth-order valence-electron chi connectivity index (χ4n) is 2.90. The van der Waals surface area contributed by atoms with E-state index in [1.807, 2.05) is 6.92 Å². The number of aliphatic carboxylic acids is 1. The molecule has 3 unspecified atom stereocenters. The summed E-state index contributed by atoms with van der Waals surface area (Å²) in [5.41, 5.74) is -0.813. The zero-order chi connectivity index (χ0) is 15.5. The molecule has 4 heteroatoms. The lowest BCUT2D eigenvalue weighted by Crippen LogP contribution is -2.54. The zero-order valence-electron chi connectivity index (χ0n) is 13.9. The van der Waals surface area contributed by atoms with E-state index in [-0.39, 0.29) is 6.04 Å². The molecule has 0 aromatic carbocycles. The Morgan fingerprint density at radius 2 is 1.85 bits per heavy atom. The average molecular weight is 284 g/mol. The number of rotatable bonds is 9. The molecule has 0 radical (unpaired) electrons. The molecule has 20 heavy (non-hydrogen) atoms. The van der Waals surface area contributed by atoms with Crippen LogP contribution in [0.5, 0.6) is 0 Å². The van der Waals surface area contributed by atoms with Crippen LogP contribution in [0.2, 0.25) is 0 Å². The van der Waals surface area contributed by atoms with Crippen LogP contribution < -0.4 is 5.32 Å². The van der Waals surface area contributed by atoms with E-state index < -0.39 is 11.5 Å². The van der Waals surface area contributed by atoms with Crippen LogP contribution in [0.15, 0.2) is 0 Å². The fourth-order valence-corrected chi connectivity index (χ4v) is 2.90. The minimum absolute atomic E-state index is 0.246. The number of carboxylic acids is 1. The summed E-state index contributed by atoms with van der Waals surface area (Å²) in [6.45, 7) is 10.6. The maximum absolute atomic E-state index is 11.6. The SMILES string of the molecule is CC(C)CC(C)N(C)C(C)CC(C)(NC1CC1)C(=O)O. The summed E-state index contributed by atoms with van der Waals surface area (Å²) in [5, 5.41) is 12.8. The van der Waals surface area contributed by atoms with Gasteiger partial charge >= 0.3 is 5.97 Å². The summed E-state index contributed by atoms with van der Waals surface area (Å²) in [6, 6.07) is 1.13. The molecule has 0 saturated heterocycles. The molecule has 0 spiro atoms. The highest BCUT2D eigenvalue weighted by Crippen LogP contribution is 2.26. The maximum Gasteiger partial charge on any atom is 0.323 e. The topological polar surface area (TPSA) is 52.6 Å². The van der Waals surface area contributed by atoms with E-state index in [4.69, 9.17) is 0 Å². The highest BCUT2D eigenvalue weighted by Gasteiger charge is 2.40. The number of carbonyl (C=O) groups is 1. The monoisotopic (exact) mass is 284 g/mol. The van der Waals surface area contributed by atoms with Gasteiger partial charge in [-0.05, 0) is 59.4 Å². The van der Waals surface area contributed by atoms with Gasteiger partial charge in [0.2, 0.25) is 0 Å². The minimum Gasteiger partial charge on any atom is -0.480 e. The number of hydrogen-bond donors (Lipinski definition) is 2. The smallest absolute Gasteiger partial charge is 0.323 e. The summed E-state index contributed by atoms with van der Waals surface area (Å²) in [5.74, 6) is -0.0729. The highest BCUT2D eigenvalue weighted by molar-refractivity contribution is 5.78. The van der Waals surface area contributed by atoms with E-state index in [1.165, 1.54) is 0 Å². The van der Waals surface area contributed by atoms with E-state index in [9.17, 15) is 9.90 Å². The Balaban J connectivity index is 2.60. The van der Waals surface area contributed by atoms with Crippen molar-refractivity contribution in [3.05, 3.63) is 0 Å². The number of nitrogens with one attached hydrogen (secondary N) is 1. The van der Waals surface area contributed by atoms with Crippen LogP contribution in [0, 0.1) is 5.92 Å². The van der Waals surface area contributed by atoms with Crippen LogP contribution in [-0.2, 0) is 4.79 Å². The largest absolute Gasteiger partial charge is 0.480 e. The molecule has 1 saturated carbocycles. The quantitative estimate of drug-likeness (QED) is 0.683. The number of carboxylic acid groups (broad SMARTS) is 1. The molecule has 1 fully saturated rings. The Bertz CT molecular complexity index is 328. The van der Waals surface area contributed by atoms with Crippen molar-refractivity contribution in [2.45, 2.75) is 84.0 Å². The first kappa shape index (κ1) is 17.4. The van der Waals surface area contributed by atoms with Gasteiger partial charge in [-0.3, -0.25) is 10.1 Å². The molecule has 4 nitrogen and oxygen atoms in total. The maximum atomic E-state index is 11.6. The molecule has 1 rings (SSSR count). The zero-order valence-corrected chi connectivity index (χ0v) is 13.9. The van der Waals surface area contributed by atoms with Crippen LogP contribution >= 0.6 is 0 Å².